The first-order chi connectivity index (χ1) is 14.2. The lowest BCUT2D eigenvalue weighted by atomic mass is 9.90. The number of hydrogen-bond donors (Lipinski definition) is 0. The van der Waals surface area contributed by atoms with Gasteiger partial charge in [-0.25, -0.2) is 0 Å². The number of nitrogens with zero attached hydrogens (tertiary/aromatic N) is 1. The Kier molecular flexibility index (Phi) is 4.60. The van der Waals surface area contributed by atoms with Crippen LogP contribution < -0.4 is 4.90 Å². The molecule has 5 rings (SSSR count). The van der Waals surface area contributed by atoms with Crippen LogP contribution in [0.25, 0.3) is 32.3 Å². The molecule has 29 heavy (non-hydrogen) atoms. The van der Waals surface area contributed by atoms with Gasteiger partial charge in [-0.05, 0) is 81.3 Å². The van der Waals surface area contributed by atoms with Crippen LogP contribution in [0.15, 0.2) is 78.9 Å². The van der Waals surface area contributed by atoms with Crippen LogP contribution in [0.2, 0.25) is 0 Å². The molecule has 0 bridgehead atoms. The first-order valence-electron chi connectivity index (χ1n) is 10.6. The summed E-state index contributed by atoms with van der Waals surface area (Å²) >= 11 is 0. The summed E-state index contributed by atoms with van der Waals surface area (Å²) in [6, 6.07) is 29.4. The predicted octanol–water partition coefficient (Wildman–Crippen LogP) is 7.22. The third-order valence-corrected chi connectivity index (χ3v) is 6.23. The van der Waals surface area contributed by atoms with E-state index in [9.17, 15) is 0 Å². The summed E-state index contributed by atoms with van der Waals surface area (Å²) in [4.78, 5) is 2.15. The summed E-state index contributed by atoms with van der Waals surface area (Å²) in [5.74, 6) is 0. The zero-order chi connectivity index (χ0) is 19.8. The van der Waals surface area contributed by atoms with E-state index in [1.54, 1.807) is 0 Å². The molecule has 0 saturated heterocycles. The monoisotopic (exact) mass is 377 g/mol. The van der Waals surface area contributed by atoms with Crippen LogP contribution in [0.1, 0.15) is 24.0 Å². The van der Waals surface area contributed by atoms with Gasteiger partial charge in [-0.3, -0.25) is 0 Å². The average molecular weight is 378 g/mol. The number of aryl methyl sites for hydroxylation is 2. The molecule has 0 N–H and O–H groups in total. The van der Waals surface area contributed by atoms with E-state index in [4.69, 9.17) is 0 Å². The summed E-state index contributed by atoms with van der Waals surface area (Å²) in [5.41, 5.74) is 4.19. The van der Waals surface area contributed by atoms with Crippen LogP contribution in [0.5, 0.6) is 0 Å². The molecule has 0 unspecified atom stereocenters. The van der Waals surface area contributed by atoms with Crippen molar-refractivity contribution in [2.24, 2.45) is 0 Å². The SMILES string of the molecule is CN(C)c1ccc(CCCCc2ccc3ccc4cccc5ccc2c3c45)cc1. The van der Waals surface area contributed by atoms with E-state index >= 15 is 0 Å². The fraction of sp³-hybridized carbons (Fsp3) is 0.214. The Balaban J connectivity index is 1.35. The van der Waals surface area contributed by atoms with Crippen molar-refractivity contribution >= 4 is 38.0 Å². The Morgan fingerprint density at radius 3 is 1.93 bits per heavy atom. The third-order valence-electron chi connectivity index (χ3n) is 6.23. The van der Waals surface area contributed by atoms with E-state index in [0.29, 0.717) is 0 Å². The van der Waals surface area contributed by atoms with Crippen molar-refractivity contribution in [2.45, 2.75) is 25.7 Å². The Morgan fingerprint density at radius 1 is 0.586 bits per heavy atom. The normalized spacial score (nSPS) is 11.7. The van der Waals surface area contributed by atoms with Gasteiger partial charge < -0.3 is 4.90 Å². The largest absolute Gasteiger partial charge is 0.378 e. The van der Waals surface area contributed by atoms with E-state index in [0.717, 1.165) is 12.8 Å². The molecule has 0 saturated carbocycles. The van der Waals surface area contributed by atoms with Gasteiger partial charge in [-0.1, -0.05) is 66.7 Å². The maximum atomic E-state index is 2.34. The van der Waals surface area contributed by atoms with Crippen LogP contribution >= 0.6 is 0 Å². The van der Waals surface area contributed by atoms with Crippen molar-refractivity contribution in [1.82, 2.24) is 0 Å². The van der Waals surface area contributed by atoms with Gasteiger partial charge in [0, 0.05) is 19.8 Å². The first kappa shape index (κ1) is 18.0. The van der Waals surface area contributed by atoms with Crippen LogP contribution in [0, 0.1) is 0 Å². The summed E-state index contributed by atoms with van der Waals surface area (Å²) < 4.78 is 0. The number of unbranched alkanes of at least 4 members (excludes halogenated alkanes) is 1. The van der Waals surface area contributed by atoms with E-state index < -0.39 is 0 Å². The first-order valence-corrected chi connectivity index (χ1v) is 10.6. The lowest BCUT2D eigenvalue weighted by Crippen LogP contribution is -2.08. The predicted molar refractivity (Wildman–Crippen MR) is 128 cm³/mol. The van der Waals surface area contributed by atoms with Crippen molar-refractivity contribution in [2.75, 3.05) is 19.0 Å². The van der Waals surface area contributed by atoms with Gasteiger partial charge in [0.1, 0.15) is 0 Å². The average Bonchev–Trinajstić information content (AvgIpc) is 2.76. The molecule has 0 fully saturated rings. The zero-order valence-electron chi connectivity index (χ0n) is 17.3. The van der Waals surface area contributed by atoms with Gasteiger partial charge in [-0.2, -0.15) is 0 Å². The minimum atomic E-state index is 1.14. The van der Waals surface area contributed by atoms with E-state index in [-0.39, 0.29) is 0 Å². The Bertz CT molecular complexity index is 1250. The molecule has 1 nitrogen and oxygen atoms in total. The molecule has 0 heterocycles. The van der Waals surface area contributed by atoms with Gasteiger partial charge in [-0.15, -0.1) is 0 Å². The van der Waals surface area contributed by atoms with Crippen molar-refractivity contribution in [3.8, 4) is 0 Å². The smallest absolute Gasteiger partial charge is 0.0361 e. The summed E-state index contributed by atoms with van der Waals surface area (Å²) in [7, 11) is 4.18. The molecule has 0 atom stereocenters. The fourth-order valence-corrected chi connectivity index (χ4v) is 4.62. The van der Waals surface area contributed by atoms with Crippen LogP contribution in [0.4, 0.5) is 5.69 Å². The Morgan fingerprint density at radius 2 is 1.21 bits per heavy atom. The third kappa shape index (κ3) is 3.31. The molecule has 0 aliphatic rings. The van der Waals surface area contributed by atoms with E-state index in [1.165, 1.54) is 62.0 Å². The summed E-state index contributed by atoms with van der Waals surface area (Å²) in [6.07, 6.45) is 4.74. The highest BCUT2D eigenvalue weighted by molar-refractivity contribution is 6.23. The van der Waals surface area contributed by atoms with Gasteiger partial charge in [0.05, 0.1) is 0 Å². The molecule has 0 spiro atoms. The molecule has 0 aliphatic heterocycles. The topological polar surface area (TPSA) is 3.24 Å². The highest BCUT2D eigenvalue weighted by atomic mass is 15.1. The fourth-order valence-electron chi connectivity index (χ4n) is 4.62. The molecule has 0 radical (unpaired) electrons. The second-order valence-corrected chi connectivity index (χ2v) is 8.35. The standard InChI is InChI=1S/C28H27N/c1-29(2)25-17-10-20(11-18-25)6-3-4-7-21-12-13-24-15-14-22-8-5-9-23-16-19-26(21)28(24)27(22)23/h5,8-19H,3-4,6-7H2,1-2H3. The number of hydrogen-bond acceptors (Lipinski definition) is 1. The minimum absolute atomic E-state index is 1.14. The van der Waals surface area contributed by atoms with Gasteiger partial charge in [0.15, 0.2) is 0 Å². The molecule has 1 heteroatoms. The molecule has 0 aromatic heterocycles. The van der Waals surface area contributed by atoms with Crippen LogP contribution in [-0.2, 0) is 12.8 Å². The number of rotatable bonds is 6. The highest BCUT2D eigenvalue weighted by Crippen LogP contribution is 2.36. The molecule has 144 valence electrons. The minimum Gasteiger partial charge on any atom is -0.378 e. The van der Waals surface area contributed by atoms with E-state index in [1.807, 2.05) is 0 Å². The molecular formula is C28H27N. The number of anilines is 1. The van der Waals surface area contributed by atoms with Crippen molar-refractivity contribution in [3.63, 3.8) is 0 Å². The van der Waals surface area contributed by atoms with Crippen LogP contribution in [-0.4, -0.2) is 14.1 Å². The Labute approximate surface area is 172 Å². The zero-order valence-corrected chi connectivity index (χ0v) is 17.3. The Hall–Kier alpha value is -3.06. The van der Waals surface area contributed by atoms with E-state index in [2.05, 4.69) is 97.9 Å². The van der Waals surface area contributed by atoms with Gasteiger partial charge >= 0.3 is 0 Å². The van der Waals surface area contributed by atoms with Crippen molar-refractivity contribution < 1.29 is 0 Å². The molecule has 0 aliphatic carbocycles. The maximum absolute atomic E-state index is 2.34. The van der Waals surface area contributed by atoms with Crippen molar-refractivity contribution in [3.05, 3.63) is 90.0 Å². The second-order valence-electron chi connectivity index (χ2n) is 8.35. The maximum Gasteiger partial charge on any atom is 0.0361 e. The highest BCUT2D eigenvalue weighted by Gasteiger charge is 2.10. The molecule has 5 aromatic carbocycles. The number of benzene rings is 5. The van der Waals surface area contributed by atoms with Gasteiger partial charge in [0.2, 0.25) is 0 Å². The second kappa shape index (κ2) is 7.40. The molecular weight excluding hydrogens is 350 g/mol. The molecule has 5 aromatic rings. The van der Waals surface area contributed by atoms with Crippen molar-refractivity contribution in [1.29, 1.82) is 0 Å². The quantitative estimate of drug-likeness (QED) is 0.223. The molecule has 0 amide bonds. The van der Waals surface area contributed by atoms with Gasteiger partial charge in [0.25, 0.3) is 0 Å². The lowest BCUT2D eigenvalue weighted by molar-refractivity contribution is 0.737. The lowest BCUT2D eigenvalue weighted by Gasteiger charge is -2.14. The summed E-state index contributed by atoms with van der Waals surface area (Å²) in [6.45, 7) is 0. The van der Waals surface area contributed by atoms with Crippen LogP contribution in [0.3, 0.4) is 0 Å². The summed E-state index contributed by atoms with van der Waals surface area (Å²) in [5, 5.41) is 8.34.